The van der Waals surface area contributed by atoms with Crippen molar-refractivity contribution < 1.29 is 4.79 Å². The Labute approximate surface area is 224 Å². The highest BCUT2D eigenvalue weighted by atomic mass is 35.5. The van der Waals surface area contributed by atoms with Gasteiger partial charge in [-0.2, -0.15) is 0 Å². The number of carbonyl (C=O) groups is 1. The summed E-state index contributed by atoms with van der Waals surface area (Å²) in [5.74, 6) is -0.0968. The first-order valence-corrected chi connectivity index (χ1v) is 13.3. The van der Waals surface area contributed by atoms with Crippen molar-refractivity contribution >= 4 is 58.2 Å². The molecule has 0 radical (unpaired) electrons. The number of unbranched alkanes of at least 4 members (excludes halogenated alkanes) is 2. The van der Waals surface area contributed by atoms with Gasteiger partial charge in [0.25, 0.3) is 0 Å². The molecule has 5 nitrogen and oxygen atoms in total. The minimum absolute atomic E-state index is 0.0968. The van der Waals surface area contributed by atoms with Gasteiger partial charge in [-0.1, -0.05) is 47.8 Å². The molecule has 1 heterocycles. The van der Waals surface area contributed by atoms with E-state index in [0.717, 1.165) is 63.0 Å². The van der Waals surface area contributed by atoms with Gasteiger partial charge in [-0.3, -0.25) is 4.79 Å². The number of carbonyl (C=O) groups excluding carboxylic acids is 1. The van der Waals surface area contributed by atoms with E-state index in [1.807, 2.05) is 18.2 Å². The van der Waals surface area contributed by atoms with Crippen LogP contribution < -0.4 is 16.0 Å². The molecule has 0 spiro atoms. The average molecular weight is 534 g/mol. The highest BCUT2D eigenvalue weighted by molar-refractivity contribution is 7.80. The molecule has 3 rings (SSSR count). The van der Waals surface area contributed by atoms with Gasteiger partial charge in [0.2, 0.25) is 5.91 Å². The quantitative estimate of drug-likeness (QED) is 0.197. The van der Waals surface area contributed by atoms with Crippen LogP contribution in [0.5, 0.6) is 0 Å². The zero-order valence-electron chi connectivity index (χ0n) is 20.2. The molecule has 0 bridgehead atoms. The van der Waals surface area contributed by atoms with Crippen molar-refractivity contribution in [2.45, 2.75) is 45.1 Å². The molecule has 3 N–H and O–H groups in total. The molecule has 35 heavy (non-hydrogen) atoms. The fourth-order valence-corrected chi connectivity index (χ4v) is 4.66. The molecule has 1 amide bonds. The maximum atomic E-state index is 12.0. The molecule has 2 aromatic rings. The van der Waals surface area contributed by atoms with Gasteiger partial charge in [-0.05, 0) is 92.8 Å². The van der Waals surface area contributed by atoms with Crippen molar-refractivity contribution in [3.8, 4) is 0 Å². The Kier molecular flexibility index (Phi) is 11.3. The molecule has 1 saturated heterocycles. The first kappa shape index (κ1) is 27.5. The van der Waals surface area contributed by atoms with E-state index in [1.165, 1.54) is 11.6 Å². The second kappa shape index (κ2) is 14.4. The SMILES string of the molecule is Cc1cccc(NC(=S)NC2CCN(CCCCCNC(=O)/C=C/c3ccc(Cl)c(Cl)c3)CC2)c1. The van der Waals surface area contributed by atoms with Gasteiger partial charge in [-0.25, -0.2) is 0 Å². The molecule has 1 aliphatic rings. The van der Waals surface area contributed by atoms with Crippen LogP contribution in [0.15, 0.2) is 48.5 Å². The predicted molar refractivity (Wildman–Crippen MR) is 152 cm³/mol. The number of piperidine rings is 1. The Morgan fingerprint density at radius 1 is 1.09 bits per heavy atom. The number of nitrogens with zero attached hydrogens (tertiary/aromatic N) is 1. The van der Waals surface area contributed by atoms with Gasteiger partial charge in [0.05, 0.1) is 10.0 Å². The van der Waals surface area contributed by atoms with E-state index >= 15 is 0 Å². The number of hydrogen-bond donors (Lipinski definition) is 3. The van der Waals surface area contributed by atoms with Gasteiger partial charge in [0, 0.05) is 37.4 Å². The van der Waals surface area contributed by atoms with Crippen molar-refractivity contribution in [1.29, 1.82) is 0 Å². The van der Waals surface area contributed by atoms with Crippen LogP contribution in [0.1, 0.15) is 43.2 Å². The van der Waals surface area contributed by atoms with E-state index in [-0.39, 0.29) is 5.91 Å². The average Bonchev–Trinajstić information content (AvgIpc) is 2.83. The maximum Gasteiger partial charge on any atom is 0.243 e. The molecule has 0 atom stereocenters. The molecule has 0 aliphatic carbocycles. The topological polar surface area (TPSA) is 56.4 Å². The number of anilines is 1. The van der Waals surface area contributed by atoms with Crippen molar-refractivity contribution in [3.05, 3.63) is 69.7 Å². The number of halogens is 2. The smallest absolute Gasteiger partial charge is 0.243 e. The summed E-state index contributed by atoms with van der Waals surface area (Å²) in [5.41, 5.74) is 3.08. The minimum atomic E-state index is -0.0968. The molecule has 2 aromatic carbocycles. The largest absolute Gasteiger partial charge is 0.360 e. The lowest BCUT2D eigenvalue weighted by Crippen LogP contribution is -2.46. The summed E-state index contributed by atoms with van der Waals surface area (Å²) in [7, 11) is 0. The van der Waals surface area contributed by atoms with Gasteiger partial charge in [-0.15, -0.1) is 0 Å². The van der Waals surface area contributed by atoms with Crippen molar-refractivity contribution in [2.75, 3.05) is 31.5 Å². The Hall–Kier alpha value is -2.12. The number of likely N-dealkylation sites (tertiary alicyclic amines) is 1. The summed E-state index contributed by atoms with van der Waals surface area (Å²) in [6, 6.07) is 13.9. The van der Waals surface area contributed by atoms with Crippen molar-refractivity contribution in [3.63, 3.8) is 0 Å². The number of hydrogen-bond acceptors (Lipinski definition) is 3. The summed E-state index contributed by atoms with van der Waals surface area (Å²) in [6.07, 6.45) is 8.66. The molecule has 0 aromatic heterocycles. The standard InChI is InChI=1S/C27H34Cl2N4OS/c1-20-6-5-7-23(18-20)32-27(35)31-22-12-16-33(17-13-22)15-4-2-3-14-30-26(34)11-9-21-8-10-24(28)25(29)19-21/h5-11,18-19,22H,2-4,12-17H2,1H3,(H,30,34)(H2,31,32,35)/b11-9+. The summed E-state index contributed by atoms with van der Waals surface area (Å²) < 4.78 is 0. The van der Waals surface area contributed by atoms with E-state index in [4.69, 9.17) is 35.4 Å². The van der Waals surface area contributed by atoms with Crippen LogP contribution in [-0.2, 0) is 4.79 Å². The van der Waals surface area contributed by atoms with Crippen LogP contribution in [0.3, 0.4) is 0 Å². The van der Waals surface area contributed by atoms with Crippen LogP contribution >= 0.6 is 35.4 Å². The summed E-state index contributed by atoms with van der Waals surface area (Å²) in [6.45, 7) is 6.03. The van der Waals surface area contributed by atoms with E-state index in [9.17, 15) is 4.79 Å². The second-order valence-electron chi connectivity index (χ2n) is 8.94. The van der Waals surface area contributed by atoms with Crippen molar-refractivity contribution in [2.24, 2.45) is 0 Å². The lowest BCUT2D eigenvalue weighted by atomic mass is 10.0. The molecule has 1 fully saturated rings. The van der Waals surface area contributed by atoms with E-state index in [0.29, 0.717) is 27.7 Å². The van der Waals surface area contributed by atoms with E-state index in [1.54, 1.807) is 18.2 Å². The molecule has 0 saturated carbocycles. The first-order valence-electron chi connectivity index (χ1n) is 12.2. The number of thiocarbonyl (C=S) groups is 1. The van der Waals surface area contributed by atoms with Gasteiger partial charge in [0.15, 0.2) is 5.11 Å². The molecule has 1 aliphatic heterocycles. The van der Waals surface area contributed by atoms with Crippen LogP contribution in [0.4, 0.5) is 5.69 Å². The Balaban J connectivity index is 1.22. The molecule has 188 valence electrons. The maximum absolute atomic E-state index is 12.0. The molecular weight excluding hydrogens is 499 g/mol. The third-order valence-electron chi connectivity index (χ3n) is 6.02. The Bertz CT molecular complexity index is 1020. The van der Waals surface area contributed by atoms with Crippen LogP contribution in [0.25, 0.3) is 6.08 Å². The third kappa shape index (κ3) is 10.2. The summed E-state index contributed by atoms with van der Waals surface area (Å²) in [4.78, 5) is 14.5. The van der Waals surface area contributed by atoms with Crippen LogP contribution in [0, 0.1) is 6.92 Å². The summed E-state index contributed by atoms with van der Waals surface area (Å²) >= 11 is 17.4. The fraction of sp³-hybridized carbons (Fsp3) is 0.407. The highest BCUT2D eigenvalue weighted by Gasteiger charge is 2.19. The van der Waals surface area contributed by atoms with Gasteiger partial charge < -0.3 is 20.9 Å². The molecule has 8 heteroatoms. The third-order valence-corrected chi connectivity index (χ3v) is 6.98. The van der Waals surface area contributed by atoms with Crippen LogP contribution in [0.2, 0.25) is 10.0 Å². The van der Waals surface area contributed by atoms with E-state index < -0.39 is 0 Å². The van der Waals surface area contributed by atoms with Crippen molar-refractivity contribution in [1.82, 2.24) is 15.5 Å². The Morgan fingerprint density at radius 3 is 2.63 bits per heavy atom. The Morgan fingerprint density at radius 2 is 1.89 bits per heavy atom. The fourth-order valence-electron chi connectivity index (χ4n) is 4.07. The number of benzene rings is 2. The first-order chi connectivity index (χ1) is 16.9. The molecular formula is C27H34Cl2N4OS. The lowest BCUT2D eigenvalue weighted by molar-refractivity contribution is -0.116. The second-order valence-corrected chi connectivity index (χ2v) is 10.2. The normalized spacial score (nSPS) is 14.7. The number of aryl methyl sites for hydroxylation is 1. The predicted octanol–water partition coefficient (Wildman–Crippen LogP) is 6.05. The monoisotopic (exact) mass is 532 g/mol. The lowest BCUT2D eigenvalue weighted by Gasteiger charge is -2.33. The zero-order chi connectivity index (χ0) is 25.0. The summed E-state index contributed by atoms with van der Waals surface area (Å²) in [5, 5.41) is 11.4. The minimum Gasteiger partial charge on any atom is -0.360 e. The number of amides is 1. The zero-order valence-corrected chi connectivity index (χ0v) is 22.5. The highest BCUT2D eigenvalue weighted by Crippen LogP contribution is 2.23. The molecule has 0 unspecified atom stereocenters. The van der Waals surface area contributed by atoms with Crippen LogP contribution in [-0.4, -0.2) is 48.1 Å². The van der Waals surface area contributed by atoms with Gasteiger partial charge >= 0.3 is 0 Å². The number of rotatable bonds is 10. The van der Waals surface area contributed by atoms with E-state index in [2.05, 4.69) is 39.9 Å². The number of nitrogens with one attached hydrogen (secondary N) is 3. The van der Waals surface area contributed by atoms with Gasteiger partial charge in [0.1, 0.15) is 0 Å².